The molecule has 2 aliphatic heterocycles. The summed E-state index contributed by atoms with van der Waals surface area (Å²) in [5.74, 6) is -1.11. The Morgan fingerprint density at radius 3 is 2.23 bits per heavy atom. The molecule has 1 aliphatic carbocycles. The number of carbonyl (C=O) groups excluding carboxylic acids is 2. The zero-order valence-corrected chi connectivity index (χ0v) is 23.1. The molecule has 0 saturated heterocycles. The van der Waals surface area contributed by atoms with E-state index in [2.05, 4.69) is 15.5 Å². The van der Waals surface area contributed by atoms with Crippen LogP contribution in [0.3, 0.4) is 0 Å². The molecule has 0 radical (unpaired) electrons. The number of amides is 2. The van der Waals surface area contributed by atoms with Crippen LogP contribution in [0.2, 0.25) is 0 Å². The summed E-state index contributed by atoms with van der Waals surface area (Å²) in [6.07, 6.45) is 16.5. The number of hydrogen-bond acceptors (Lipinski definition) is 6. The molecule has 8 heteroatoms. The fourth-order valence-corrected chi connectivity index (χ4v) is 6.64. The molecule has 3 aliphatic rings. The van der Waals surface area contributed by atoms with Crippen LogP contribution >= 0.6 is 0 Å². The van der Waals surface area contributed by atoms with Crippen molar-refractivity contribution in [3.05, 3.63) is 39.2 Å². The number of nitrogens with zero attached hydrogens (tertiary/aromatic N) is 1. The van der Waals surface area contributed by atoms with Crippen molar-refractivity contribution >= 4 is 28.5 Å². The maximum absolute atomic E-state index is 13.2. The van der Waals surface area contributed by atoms with E-state index < -0.39 is 30.1 Å². The topological polar surface area (TPSA) is 112 Å². The Morgan fingerprint density at radius 1 is 0.923 bits per heavy atom. The normalized spacial score (nSPS) is 19.9. The number of benzene rings is 1. The molecule has 1 aromatic carbocycles. The molecule has 8 nitrogen and oxygen atoms in total. The highest BCUT2D eigenvalue weighted by Crippen LogP contribution is 2.39. The molecule has 0 unspecified atom stereocenters. The van der Waals surface area contributed by atoms with Gasteiger partial charge in [0.1, 0.15) is 17.2 Å². The summed E-state index contributed by atoms with van der Waals surface area (Å²) >= 11 is 0. The lowest BCUT2D eigenvalue weighted by atomic mass is 9.90. The second-order valence-corrected chi connectivity index (χ2v) is 11.6. The molecular weight excluding hydrogens is 494 g/mol. The molecule has 0 spiro atoms. The van der Waals surface area contributed by atoms with E-state index in [0.717, 1.165) is 88.2 Å². The summed E-state index contributed by atoms with van der Waals surface area (Å²) in [6, 6.07) is 2.51. The lowest BCUT2D eigenvalue weighted by molar-refractivity contribution is -0.124. The van der Waals surface area contributed by atoms with E-state index in [9.17, 15) is 19.5 Å². The number of nitrogens with one attached hydrogen (secondary N) is 2. The summed E-state index contributed by atoms with van der Waals surface area (Å²) < 4.78 is 5.74. The van der Waals surface area contributed by atoms with Gasteiger partial charge in [-0.05, 0) is 56.2 Å². The number of rotatable bonds is 5. The Labute approximate surface area is 230 Å². The Morgan fingerprint density at radius 2 is 1.56 bits per heavy atom. The third kappa shape index (κ3) is 6.48. The first kappa shape index (κ1) is 27.7. The number of fused-ring (bicyclic) bond motifs is 2. The molecule has 212 valence electrons. The molecule has 2 aromatic rings. The van der Waals surface area contributed by atoms with Gasteiger partial charge in [-0.25, -0.2) is 4.79 Å². The zero-order valence-electron chi connectivity index (χ0n) is 23.1. The largest absolute Gasteiger partial charge is 0.422 e. The third-order valence-corrected chi connectivity index (χ3v) is 8.72. The molecule has 2 amide bonds. The second-order valence-electron chi connectivity index (χ2n) is 11.6. The van der Waals surface area contributed by atoms with Crippen molar-refractivity contribution in [2.75, 3.05) is 24.6 Å². The van der Waals surface area contributed by atoms with Gasteiger partial charge in [0, 0.05) is 35.8 Å². The quantitative estimate of drug-likeness (QED) is 0.489. The first-order valence-corrected chi connectivity index (χ1v) is 15.1. The summed E-state index contributed by atoms with van der Waals surface area (Å²) in [5.41, 5.74) is 3.18. The van der Waals surface area contributed by atoms with E-state index in [1.807, 2.05) is 6.07 Å². The summed E-state index contributed by atoms with van der Waals surface area (Å²) in [5, 5.41) is 16.3. The van der Waals surface area contributed by atoms with Gasteiger partial charge in [0.05, 0.1) is 6.61 Å². The molecule has 1 atom stereocenters. The van der Waals surface area contributed by atoms with E-state index in [-0.39, 0.29) is 11.6 Å². The van der Waals surface area contributed by atoms with Crippen molar-refractivity contribution in [2.45, 2.75) is 108 Å². The molecule has 0 bridgehead atoms. The van der Waals surface area contributed by atoms with Crippen molar-refractivity contribution < 1.29 is 19.1 Å². The number of aliphatic hydroxyl groups is 1. The minimum absolute atomic E-state index is 0.0244. The van der Waals surface area contributed by atoms with Gasteiger partial charge in [-0.2, -0.15) is 0 Å². The Kier molecular flexibility index (Phi) is 9.22. The van der Waals surface area contributed by atoms with Crippen LogP contribution in [0.1, 0.15) is 105 Å². The van der Waals surface area contributed by atoms with Crippen LogP contribution in [0.15, 0.2) is 21.3 Å². The van der Waals surface area contributed by atoms with Crippen molar-refractivity contribution in [3.63, 3.8) is 0 Å². The van der Waals surface area contributed by atoms with Gasteiger partial charge in [0.2, 0.25) is 5.91 Å². The van der Waals surface area contributed by atoms with Crippen LogP contribution in [-0.2, 0) is 17.6 Å². The van der Waals surface area contributed by atoms with Gasteiger partial charge in [-0.15, -0.1) is 0 Å². The van der Waals surface area contributed by atoms with Crippen molar-refractivity contribution in [2.24, 2.45) is 0 Å². The number of hydrogen-bond donors (Lipinski definition) is 3. The van der Waals surface area contributed by atoms with E-state index in [1.165, 1.54) is 43.4 Å². The maximum atomic E-state index is 13.2. The minimum atomic E-state index is -1.13. The SMILES string of the molecule is O=C(N[C@@H](CO)C(=O)NC1CCCCCCCCCCC1)c1cc2cc3c4c(c2oc1=O)CCCN4CCC3. The minimum Gasteiger partial charge on any atom is -0.422 e. The van der Waals surface area contributed by atoms with Gasteiger partial charge >= 0.3 is 5.63 Å². The molecular formula is C31H43N3O5. The van der Waals surface area contributed by atoms with Gasteiger partial charge in [-0.3, -0.25) is 9.59 Å². The fourth-order valence-electron chi connectivity index (χ4n) is 6.64. The summed E-state index contributed by atoms with van der Waals surface area (Å²) in [4.78, 5) is 41.6. The third-order valence-electron chi connectivity index (χ3n) is 8.72. The average Bonchev–Trinajstić information content (AvgIpc) is 2.93. The molecule has 39 heavy (non-hydrogen) atoms. The van der Waals surface area contributed by atoms with E-state index in [1.54, 1.807) is 6.07 Å². The smallest absolute Gasteiger partial charge is 0.349 e. The van der Waals surface area contributed by atoms with E-state index in [4.69, 9.17) is 4.42 Å². The Bertz CT molecular complexity index is 1220. The first-order chi connectivity index (χ1) is 19.0. The monoisotopic (exact) mass is 537 g/mol. The number of carbonyl (C=O) groups is 2. The molecule has 1 saturated carbocycles. The van der Waals surface area contributed by atoms with Gasteiger partial charge < -0.3 is 25.1 Å². The number of aliphatic hydroxyl groups excluding tert-OH is 1. The van der Waals surface area contributed by atoms with Crippen LogP contribution < -0.4 is 21.2 Å². The van der Waals surface area contributed by atoms with E-state index >= 15 is 0 Å². The fraction of sp³-hybridized carbons (Fsp3) is 0.645. The molecule has 1 fully saturated rings. The van der Waals surface area contributed by atoms with Crippen LogP contribution in [-0.4, -0.2) is 48.7 Å². The standard InChI is InChI=1S/C31H43N3O5/c35-20-26(30(37)32-23-13-8-6-4-2-1-3-5-7-9-14-23)33-29(36)25-19-22-18-21-12-10-16-34-17-11-15-24(27(21)34)28(22)39-31(25)38/h18-19,23,26,35H,1-17,20H2,(H,32,37)(H,33,36)/t26-/m0/s1. The average molecular weight is 538 g/mol. The lowest BCUT2D eigenvalue weighted by Crippen LogP contribution is -2.52. The molecule has 3 heterocycles. The highest BCUT2D eigenvalue weighted by molar-refractivity contribution is 6.00. The Hall–Kier alpha value is -2.87. The van der Waals surface area contributed by atoms with Crippen LogP contribution in [0.5, 0.6) is 0 Å². The van der Waals surface area contributed by atoms with Crippen LogP contribution in [0.4, 0.5) is 5.69 Å². The zero-order chi connectivity index (χ0) is 27.2. The predicted molar refractivity (Wildman–Crippen MR) is 152 cm³/mol. The van der Waals surface area contributed by atoms with Crippen LogP contribution in [0.25, 0.3) is 11.0 Å². The highest BCUT2D eigenvalue weighted by Gasteiger charge is 2.29. The highest BCUT2D eigenvalue weighted by atomic mass is 16.4. The predicted octanol–water partition coefficient (Wildman–Crippen LogP) is 4.37. The van der Waals surface area contributed by atoms with Crippen LogP contribution in [0, 0.1) is 0 Å². The molecule has 5 rings (SSSR count). The first-order valence-electron chi connectivity index (χ1n) is 15.1. The number of anilines is 1. The van der Waals surface area contributed by atoms with Gasteiger partial charge in [-0.1, -0.05) is 57.8 Å². The second kappa shape index (κ2) is 13.0. The summed E-state index contributed by atoms with van der Waals surface area (Å²) in [6.45, 7) is 1.49. The lowest BCUT2D eigenvalue weighted by Gasteiger charge is -2.37. The number of aryl methyl sites for hydroxylation is 2. The van der Waals surface area contributed by atoms with Gasteiger partial charge in [0.25, 0.3) is 5.91 Å². The van der Waals surface area contributed by atoms with E-state index in [0.29, 0.717) is 5.58 Å². The van der Waals surface area contributed by atoms with Crippen molar-refractivity contribution in [3.8, 4) is 0 Å². The molecule has 1 aromatic heterocycles. The Balaban J connectivity index is 1.29. The maximum Gasteiger partial charge on any atom is 0.349 e. The van der Waals surface area contributed by atoms with Crippen molar-refractivity contribution in [1.29, 1.82) is 0 Å². The molecule has 3 N–H and O–H groups in total. The van der Waals surface area contributed by atoms with Crippen molar-refractivity contribution in [1.82, 2.24) is 10.6 Å². The summed E-state index contributed by atoms with van der Waals surface area (Å²) in [7, 11) is 0. The van der Waals surface area contributed by atoms with Gasteiger partial charge in [0.15, 0.2) is 0 Å².